The monoisotopic (exact) mass is 318 g/mol. The third kappa shape index (κ3) is 2.06. The number of hydrogen-bond donors (Lipinski definition) is 1. The highest BCUT2D eigenvalue weighted by Gasteiger charge is 2.17. The second kappa shape index (κ2) is 4.59. The summed E-state index contributed by atoms with van der Waals surface area (Å²) in [4.78, 5) is 19.4. The number of rotatable bonds is 2. The van der Waals surface area contributed by atoms with Gasteiger partial charge in [-0.3, -0.25) is 4.79 Å². The summed E-state index contributed by atoms with van der Waals surface area (Å²) in [5.74, 6) is -0.901. The van der Waals surface area contributed by atoms with Crippen LogP contribution < -0.4 is 0 Å². The molecule has 94 valence electrons. The van der Waals surface area contributed by atoms with Crippen LogP contribution in [0, 0.1) is 5.82 Å². The highest BCUT2D eigenvalue weighted by molar-refractivity contribution is 9.10. The Morgan fingerprint density at radius 1 is 1.26 bits per heavy atom. The Morgan fingerprint density at radius 2 is 2.11 bits per heavy atom. The summed E-state index contributed by atoms with van der Waals surface area (Å²) < 4.78 is 14.4. The van der Waals surface area contributed by atoms with Crippen molar-refractivity contribution in [3.63, 3.8) is 0 Å². The smallest absolute Gasteiger partial charge is 0.198 e. The van der Waals surface area contributed by atoms with Crippen molar-refractivity contribution in [3.8, 4) is 0 Å². The molecule has 0 saturated heterocycles. The number of nitrogens with zero attached hydrogens (tertiary/aromatic N) is 1. The molecule has 0 spiro atoms. The predicted molar refractivity (Wildman–Crippen MR) is 73.6 cm³/mol. The van der Waals surface area contributed by atoms with E-state index in [2.05, 4.69) is 25.9 Å². The molecule has 0 aliphatic rings. The van der Waals surface area contributed by atoms with Gasteiger partial charge in [0.25, 0.3) is 0 Å². The Morgan fingerprint density at radius 3 is 2.89 bits per heavy atom. The van der Waals surface area contributed by atoms with Crippen molar-refractivity contribution in [1.82, 2.24) is 9.97 Å². The zero-order chi connectivity index (χ0) is 13.4. The number of halogens is 2. The number of H-pyrrole nitrogens is 1. The molecule has 5 heteroatoms. The number of pyridine rings is 1. The predicted octanol–water partition coefficient (Wildman–Crippen LogP) is 3.70. The molecule has 19 heavy (non-hydrogen) atoms. The molecular formula is C14H8BrFN2O. The first-order valence-electron chi connectivity index (χ1n) is 5.58. The van der Waals surface area contributed by atoms with E-state index in [0.717, 1.165) is 0 Å². The van der Waals surface area contributed by atoms with Crippen molar-refractivity contribution in [2.75, 3.05) is 0 Å². The molecule has 0 fully saturated rings. The lowest BCUT2D eigenvalue weighted by molar-refractivity contribution is 0.103. The van der Waals surface area contributed by atoms with Gasteiger partial charge in [0.05, 0.1) is 5.56 Å². The standard InChI is InChI=1S/C14H8BrFN2O/c15-8-3-4-10(12(16)6-8)13(19)11-7-18-14-9(11)2-1-5-17-14/h1-7H,(H,17,18). The van der Waals surface area contributed by atoms with Crippen LogP contribution in [0.25, 0.3) is 11.0 Å². The molecule has 0 amide bonds. The molecule has 0 unspecified atom stereocenters. The average molecular weight is 319 g/mol. The Hall–Kier alpha value is -2.01. The normalized spacial score (nSPS) is 10.8. The highest BCUT2D eigenvalue weighted by Crippen LogP contribution is 2.22. The molecule has 3 rings (SSSR count). The summed E-state index contributed by atoms with van der Waals surface area (Å²) in [7, 11) is 0. The average Bonchev–Trinajstić information content (AvgIpc) is 2.82. The van der Waals surface area contributed by atoms with Crippen LogP contribution in [0.5, 0.6) is 0 Å². The molecule has 2 heterocycles. The lowest BCUT2D eigenvalue weighted by Crippen LogP contribution is -2.03. The molecule has 0 aliphatic carbocycles. The van der Waals surface area contributed by atoms with Gasteiger partial charge in [0.15, 0.2) is 5.78 Å². The quantitative estimate of drug-likeness (QED) is 0.732. The van der Waals surface area contributed by atoms with Crippen molar-refractivity contribution in [3.05, 3.63) is 64.1 Å². The van der Waals surface area contributed by atoms with Gasteiger partial charge in [0, 0.05) is 27.8 Å². The summed E-state index contributed by atoms with van der Waals surface area (Å²) in [6.07, 6.45) is 3.19. The first-order chi connectivity index (χ1) is 9.16. The van der Waals surface area contributed by atoms with Crippen LogP contribution in [0.15, 0.2) is 47.2 Å². The maximum Gasteiger partial charge on any atom is 0.198 e. The number of hydrogen-bond acceptors (Lipinski definition) is 2. The summed E-state index contributed by atoms with van der Waals surface area (Å²) in [5, 5.41) is 0.690. The third-order valence-electron chi connectivity index (χ3n) is 2.87. The topological polar surface area (TPSA) is 45.8 Å². The Kier molecular flexibility index (Phi) is 2.91. The van der Waals surface area contributed by atoms with E-state index in [1.165, 1.54) is 12.1 Å². The number of carbonyl (C=O) groups excluding carboxylic acids is 1. The zero-order valence-corrected chi connectivity index (χ0v) is 11.2. The molecule has 2 aromatic heterocycles. The zero-order valence-electron chi connectivity index (χ0n) is 9.65. The van der Waals surface area contributed by atoms with Gasteiger partial charge in [0.1, 0.15) is 11.5 Å². The second-order valence-electron chi connectivity index (χ2n) is 4.06. The van der Waals surface area contributed by atoms with Crippen LogP contribution in [0.2, 0.25) is 0 Å². The first kappa shape index (κ1) is 12.0. The minimum absolute atomic E-state index is 0.0490. The van der Waals surface area contributed by atoms with Gasteiger partial charge in [-0.25, -0.2) is 9.37 Å². The summed E-state index contributed by atoms with van der Waals surface area (Å²) >= 11 is 3.17. The Labute approximate surface area is 116 Å². The number of nitrogens with one attached hydrogen (secondary N) is 1. The van der Waals surface area contributed by atoms with Gasteiger partial charge in [-0.2, -0.15) is 0 Å². The number of ketones is 1. The molecule has 1 aromatic carbocycles. The van der Waals surface area contributed by atoms with Gasteiger partial charge < -0.3 is 4.98 Å². The lowest BCUT2D eigenvalue weighted by atomic mass is 10.0. The van der Waals surface area contributed by atoms with Gasteiger partial charge >= 0.3 is 0 Å². The van der Waals surface area contributed by atoms with E-state index in [4.69, 9.17) is 0 Å². The fourth-order valence-corrected chi connectivity index (χ4v) is 2.30. The van der Waals surface area contributed by atoms with Gasteiger partial charge in [-0.15, -0.1) is 0 Å². The number of aromatic amines is 1. The minimum atomic E-state index is -0.544. The van der Waals surface area contributed by atoms with E-state index in [0.29, 0.717) is 21.1 Å². The third-order valence-corrected chi connectivity index (χ3v) is 3.36. The van der Waals surface area contributed by atoms with Crippen molar-refractivity contribution in [1.29, 1.82) is 0 Å². The Bertz CT molecular complexity index is 782. The lowest BCUT2D eigenvalue weighted by Gasteiger charge is -2.02. The molecule has 3 aromatic rings. The molecule has 1 N–H and O–H groups in total. The van der Waals surface area contributed by atoms with Crippen molar-refractivity contribution >= 4 is 32.7 Å². The van der Waals surface area contributed by atoms with E-state index >= 15 is 0 Å². The molecule has 0 saturated carbocycles. The largest absolute Gasteiger partial charge is 0.345 e. The van der Waals surface area contributed by atoms with E-state index in [-0.39, 0.29) is 11.3 Å². The molecule has 0 aliphatic heterocycles. The van der Waals surface area contributed by atoms with E-state index in [1.54, 1.807) is 30.6 Å². The number of fused-ring (bicyclic) bond motifs is 1. The van der Waals surface area contributed by atoms with Gasteiger partial charge in [-0.1, -0.05) is 15.9 Å². The van der Waals surface area contributed by atoms with Crippen LogP contribution in [0.4, 0.5) is 4.39 Å². The molecular weight excluding hydrogens is 311 g/mol. The minimum Gasteiger partial charge on any atom is -0.345 e. The molecule has 3 nitrogen and oxygen atoms in total. The van der Waals surface area contributed by atoms with Gasteiger partial charge in [-0.05, 0) is 30.3 Å². The maximum absolute atomic E-state index is 13.8. The number of aromatic nitrogens is 2. The van der Waals surface area contributed by atoms with E-state index < -0.39 is 5.82 Å². The van der Waals surface area contributed by atoms with Crippen LogP contribution in [0.1, 0.15) is 15.9 Å². The van der Waals surface area contributed by atoms with Crippen LogP contribution >= 0.6 is 15.9 Å². The number of carbonyl (C=O) groups is 1. The van der Waals surface area contributed by atoms with E-state index in [1.807, 2.05) is 0 Å². The van der Waals surface area contributed by atoms with E-state index in [9.17, 15) is 9.18 Å². The summed E-state index contributed by atoms with van der Waals surface area (Å²) in [6.45, 7) is 0. The van der Waals surface area contributed by atoms with Crippen LogP contribution in [-0.4, -0.2) is 15.8 Å². The highest BCUT2D eigenvalue weighted by atomic mass is 79.9. The van der Waals surface area contributed by atoms with Crippen LogP contribution in [-0.2, 0) is 0 Å². The maximum atomic E-state index is 13.8. The molecule has 0 radical (unpaired) electrons. The Balaban J connectivity index is 2.13. The van der Waals surface area contributed by atoms with Gasteiger partial charge in [0.2, 0.25) is 0 Å². The number of benzene rings is 1. The fourth-order valence-electron chi connectivity index (χ4n) is 1.96. The van der Waals surface area contributed by atoms with Crippen LogP contribution in [0.3, 0.4) is 0 Å². The second-order valence-corrected chi connectivity index (χ2v) is 4.97. The first-order valence-corrected chi connectivity index (χ1v) is 6.38. The van der Waals surface area contributed by atoms with Crippen molar-refractivity contribution < 1.29 is 9.18 Å². The van der Waals surface area contributed by atoms with Crippen molar-refractivity contribution in [2.45, 2.75) is 0 Å². The van der Waals surface area contributed by atoms with Crippen molar-refractivity contribution in [2.24, 2.45) is 0 Å². The SMILES string of the molecule is O=C(c1ccc(Br)cc1F)c1c[nH]c2ncccc12. The molecule has 0 bridgehead atoms. The fraction of sp³-hybridized carbons (Fsp3) is 0. The molecule has 0 atom stereocenters. The summed E-state index contributed by atoms with van der Waals surface area (Å²) in [5.41, 5.74) is 1.08. The summed E-state index contributed by atoms with van der Waals surface area (Å²) in [6, 6.07) is 7.91.